The molecular formula is C22H21N9O3. The van der Waals surface area contributed by atoms with Crippen LogP contribution in [-0.4, -0.2) is 42.5 Å². The Balaban J connectivity index is 1.71. The molecule has 0 radical (unpaired) electrons. The highest BCUT2D eigenvalue weighted by molar-refractivity contribution is 6.01. The van der Waals surface area contributed by atoms with Gasteiger partial charge < -0.3 is 36.5 Å². The van der Waals surface area contributed by atoms with Crippen LogP contribution in [0.1, 0.15) is 5.56 Å². The lowest BCUT2D eigenvalue weighted by Gasteiger charge is -2.21. The van der Waals surface area contributed by atoms with Gasteiger partial charge in [0, 0.05) is 26.2 Å². The number of nitrogens with one attached hydrogen (secondary N) is 2. The zero-order chi connectivity index (χ0) is 24.2. The quantitative estimate of drug-likeness (QED) is 0.316. The van der Waals surface area contributed by atoms with Gasteiger partial charge in [0.25, 0.3) is 5.88 Å². The van der Waals surface area contributed by atoms with Crippen LogP contribution in [0.15, 0.2) is 47.5 Å². The molecule has 3 aromatic rings. The lowest BCUT2D eigenvalue weighted by molar-refractivity contribution is -0.114. The van der Waals surface area contributed by atoms with Crippen LogP contribution in [0.4, 0.5) is 22.9 Å². The van der Waals surface area contributed by atoms with Crippen molar-refractivity contribution in [2.24, 2.45) is 16.5 Å². The largest absolute Gasteiger partial charge is 0.437 e. The lowest BCUT2D eigenvalue weighted by atomic mass is 10.2. The van der Waals surface area contributed by atoms with E-state index in [0.717, 1.165) is 0 Å². The van der Waals surface area contributed by atoms with Crippen molar-refractivity contribution in [2.45, 2.75) is 0 Å². The van der Waals surface area contributed by atoms with E-state index in [1.165, 1.54) is 0 Å². The van der Waals surface area contributed by atoms with Gasteiger partial charge in [0.2, 0.25) is 5.91 Å². The van der Waals surface area contributed by atoms with E-state index in [9.17, 15) is 10.1 Å². The first kappa shape index (κ1) is 22.2. The Morgan fingerprint density at radius 2 is 1.94 bits per heavy atom. The number of benzene rings is 2. The van der Waals surface area contributed by atoms with Gasteiger partial charge in [-0.25, -0.2) is 4.99 Å². The van der Waals surface area contributed by atoms with Gasteiger partial charge in [-0.1, -0.05) is 6.07 Å². The van der Waals surface area contributed by atoms with Crippen LogP contribution in [0.5, 0.6) is 23.4 Å². The van der Waals surface area contributed by atoms with Gasteiger partial charge in [-0.05, 0) is 24.3 Å². The van der Waals surface area contributed by atoms with Gasteiger partial charge in [0.15, 0.2) is 11.8 Å². The molecule has 0 saturated carbocycles. The van der Waals surface area contributed by atoms with Crippen LogP contribution in [0.3, 0.4) is 0 Å². The number of rotatable bonds is 6. The Kier molecular flexibility index (Phi) is 6.00. The molecule has 1 aliphatic heterocycles. The smallest absolute Gasteiger partial charge is 0.327 e. The van der Waals surface area contributed by atoms with Crippen molar-refractivity contribution in [1.29, 1.82) is 5.26 Å². The van der Waals surface area contributed by atoms with Crippen LogP contribution in [0.2, 0.25) is 0 Å². The van der Waals surface area contributed by atoms with E-state index in [4.69, 9.17) is 20.9 Å². The van der Waals surface area contributed by atoms with E-state index in [2.05, 4.69) is 31.7 Å². The number of nitrogens with two attached hydrogens (primary N) is 2. The maximum atomic E-state index is 12.0. The first-order valence-electron chi connectivity index (χ1n) is 10.0. The molecule has 0 bridgehead atoms. The van der Waals surface area contributed by atoms with Gasteiger partial charge in [0.1, 0.15) is 23.3 Å². The minimum absolute atomic E-state index is 0.0271. The number of nitriles is 1. The molecule has 0 saturated heterocycles. The van der Waals surface area contributed by atoms with E-state index in [0.29, 0.717) is 34.3 Å². The van der Waals surface area contributed by atoms with Crippen molar-refractivity contribution in [1.82, 2.24) is 9.97 Å². The highest BCUT2D eigenvalue weighted by atomic mass is 16.5. The summed E-state index contributed by atoms with van der Waals surface area (Å²) in [6, 6.07) is 13.8. The van der Waals surface area contributed by atoms with Gasteiger partial charge in [-0.3, -0.25) is 4.79 Å². The number of aromatic nitrogens is 2. The Morgan fingerprint density at radius 3 is 2.68 bits per heavy atom. The summed E-state index contributed by atoms with van der Waals surface area (Å²) >= 11 is 0. The summed E-state index contributed by atoms with van der Waals surface area (Å²) < 4.78 is 11.8. The summed E-state index contributed by atoms with van der Waals surface area (Å²) in [5, 5.41) is 15.0. The van der Waals surface area contributed by atoms with Gasteiger partial charge in [-0.2, -0.15) is 15.2 Å². The number of guanidine groups is 1. The summed E-state index contributed by atoms with van der Waals surface area (Å²) in [5.41, 5.74) is 12.8. The number of hydrogen-bond acceptors (Lipinski definition) is 9. The molecule has 4 rings (SSSR count). The number of fused-ring (bicyclic) bond motifs is 1. The highest BCUT2D eigenvalue weighted by Crippen LogP contribution is 2.38. The number of amides is 1. The van der Waals surface area contributed by atoms with E-state index >= 15 is 0 Å². The molecule has 0 atom stereocenters. The number of nitrogens with zero attached hydrogens (tertiary/aromatic N) is 5. The third kappa shape index (κ3) is 4.89. The SMILES string of the molecule is CN(C)c1cc(Oc2nc(Oc3cccc(N=C(N)N)c3)nc3c2NC(=O)CN3)ccc1C#N. The van der Waals surface area contributed by atoms with Crippen molar-refractivity contribution in [3.63, 3.8) is 0 Å². The van der Waals surface area contributed by atoms with Gasteiger partial charge in [-0.15, -0.1) is 0 Å². The monoisotopic (exact) mass is 459 g/mol. The predicted molar refractivity (Wildman–Crippen MR) is 127 cm³/mol. The summed E-state index contributed by atoms with van der Waals surface area (Å²) in [7, 11) is 3.64. The van der Waals surface area contributed by atoms with Crippen LogP contribution in [0, 0.1) is 11.3 Å². The fourth-order valence-corrected chi connectivity index (χ4v) is 3.15. The Hall–Kier alpha value is -5.05. The first-order valence-corrected chi connectivity index (χ1v) is 10.0. The number of carbonyl (C=O) groups is 1. The molecule has 12 nitrogen and oxygen atoms in total. The molecule has 34 heavy (non-hydrogen) atoms. The van der Waals surface area contributed by atoms with Crippen molar-refractivity contribution in [3.05, 3.63) is 48.0 Å². The molecule has 2 heterocycles. The molecule has 172 valence electrons. The van der Waals surface area contributed by atoms with Gasteiger partial charge in [0.05, 0.1) is 23.5 Å². The minimum Gasteiger partial charge on any atom is -0.437 e. The average Bonchev–Trinajstić information content (AvgIpc) is 2.79. The summed E-state index contributed by atoms with van der Waals surface area (Å²) in [6.45, 7) is 0.0323. The predicted octanol–water partition coefficient (Wildman–Crippen LogP) is 2.27. The summed E-state index contributed by atoms with van der Waals surface area (Å²) in [4.78, 5) is 26.4. The van der Waals surface area contributed by atoms with Crippen molar-refractivity contribution in [2.75, 3.05) is 36.2 Å². The molecule has 0 spiro atoms. The van der Waals surface area contributed by atoms with Crippen LogP contribution in [0.25, 0.3) is 0 Å². The molecule has 0 unspecified atom stereocenters. The van der Waals surface area contributed by atoms with Gasteiger partial charge >= 0.3 is 6.01 Å². The van der Waals surface area contributed by atoms with Crippen LogP contribution < -0.4 is 36.5 Å². The molecule has 12 heteroatoms. The number of aliphatic imine (C=N–C) groups is 1. The fraction of sp³-hybridized carbons (Fsp3) is 0.136. The Bertz CT molecular complexity index is 1330. The topological polar surface area (TPSA) is 177 Å². The molecule has 0 fully saturated rings. The van der Waals surface area contributed by atoms with Crippen molar-refractivity contribution in [3.8, 4) is 29.5 Å². The minimum atomic E-state index is -0.270. The molecule has 0 aliphatic carbocycles. The number of anilines is 3. The zero-order valence-electron chi connectivity index (χ0n) is 18.4. The second kappa shape index (κ2) is 9.21. The number of ether oxygens (including phenoxy) is 2. The second-order valence-corrected chi connectivity index (χ2v) is 7.36. The molecule has 6 N–H and O–H groups in total. The zero-order valence-corrected chi connectivity index (χ0v) is 18.4. The molecule has 1 aliphatic rings. The van der Waals surface area contributed by atoms with E-state index in [1.54, 1.807) is 47.4 Å². The lowest BCUT2D eigenvalue weighted by Crippen LogP contribution is -2.28. The fourth-order valence-electron chi connectivity index (χ4n) is 3.15. The Morgan fingerprint density at radius 1 is 1.15 bits per heavy atom. The van der Waals surface area contributed by atoms with E-state index < -0.39 is 0 Å². The number of carbonyl (C=O) groups excluding carboxylic acids is 1. The van der Waals surface area contributed by atoms with Crippen molar-refractivity contribution < 1.29 is 14.3 Å². The third-order valence-corrected chi connectivity index (χ3v) is 4.61. The Labute approximate surface area is 194 Å². The van der Waals surface area contributed by atoms with Crippen molar-refractivity contribution >= 4 is 34.7 Å². The molecular weight excluding hydrogens is 438 g/mol. The first-order chi connectivity index (χ1) is 16.3. The maximum absolute atomic E-state index is 12.0. The highest BCUT2D eigenvalue weighted by Gasteiger charge is 2.24. The standard InChI is InChI=1S/C22H21N9O3/c1-31(2)16-9-15(7-6-12(16)10-23)33-20-18-19(26-11-17(32)28-18)29-22(30-20)34-14-5-3-4-13(8-14)27-21(24)25/h3-9H,11H2,1-2H3,(H,28,32)(H4,24,25,27)(H,26,29,30). The molecule has 1 amide bonds. The average molecular weight is 459 g/mol. The molecule has 2 aromatic carbocycles. The maximum Gasteiger partial charge on any atom is 0.327 e. The van der Waals surface area contributed by atoms with E-state index in [-0.39, 0.29) is 36.0 Å². The number of hydrogen-bond donors (Lipinski definition) is 4. The third-order valence-electron chi connectivity index (χ3n) is 4.61. The van der Waals surface area contributed by atoms with Crippen LogP contribution in [-0.2, 0) is 4.79 Å². The summed E-state index contributed by atoms with van der Waals surface area (Å²) in [6.07, 6.45) is 0. The normalized spacial score (nSPS) is 11.9. The molecule has 1 aromatic heterocycles. The van der Waals surface area contributed by atoms with E-state index in [1.807, 2.05) is 14.1 Å². The second-order valence-electron chi connectivity index (χ2n) is 7.36. The summed E-state index contributed by atoms with van der Waals surface area (Å²) in [5.74, 6) is 0.841. The van der Waals surface area contributed by atoms with Crippen LogP contribution >= 0.6 is 0 Å².